The molecule has 0 aliphatic carbocycles. The third-order valence-electron chi connectivity index (χ3n) is 7.48. The Labute approximate surface area is 256 Å². The summed E-state index contributed by atoms with van der Waals surface area (Å²) in [6.45, 7) is 2.37. The summed E-state index contributed by atoms with van der Waals surface area (Å²) in [5.74, 6) is 1.36. The van der Waals surface area contributed by atoms with E-state index in [1.54, 1.807) is 50.7 Å². The molecule has 8 nitrogen and oxygen atoms in total. The zero-order chi connectivity index (χ0) is 30.9. The Balaban J connectivity index is 1.41. The minimum Gasteiger partial charge on any atom is -0.497 e. The highest BCUT2D eigenvalue weighted by Gasteiger charge is 2.39. The van der Waals surface area contributed by atoms with Crippen LogP contribution in [0.25, 0.3) is 0 Å². The molecule has 0 fully saturated rings. The van der Waals surface area contributed by atoms with Crippen LogP contribution in [0.2, 0.25) is 0 Å². The molecule has 0 saturated heterocycles. The minimum absolute atomic E-state index is 0.200. The maximum Gasteiger partial charge on any atom is 0.349 e. The summed E-state index contributed by atoms with van der Waals surface area (Å²) in [6.07, 6.45) is 1.88. The molecule has 5 aromatic rings. The molecule has 4 aromatic carbocycles. The molecule has 0 aliphatic heterocycles. The predicted octanol–water partition coefficient (Wildman–Crippen LogP) is 6.30. The van der Waals surface area contributed by atoms with Gasteiger partial charge in [0.2, 0.25) is 0 Å². The fraction of sp³-hybridized carbons (Fsp3) is 0.194. The van der Waals surface area contributed by atoms with E-state index in [1.165, 1.54) is 4.57 Å². The number of ether oxygens (including phenoxy) is 3. The van der Waals surface area contributed by atoms with E-state index in [2.05, 4.69) is 22.4 Å². The number of benzene rings is 4. The van der Waals surface area contributed by atoms with Gasteiger partial charge in [0.05, 0.1) is 20.3 Å². The molecule has 0 bridgehead atoms. The number of hydrogen-bond acceptors (Lipinski definition) is 6. The van der Waals surface area contributed by atoms with Gasteiger partial charge in [0.15, 0.2) is 0 Å². The third-order valence-corrected chi connectivity index (χ3v) is 7.48. The normalized spacial score (nSPS) is 11.9. The highest BCUT2D eigenvalue weighted by molar-refractivity contribution is 6.03. The van der Waals surface area contributed by atoms with Crippen LogP contribution in [0.1, 0.15) is 40.4 Å². The van der Waals surface area contributed by atoms with E-state index in [4.69, 9.17) is 14.2 Å². The lowest BCUT2D eigenvalue weighted by molar-refractivity contribution is -0.0435. The molecule has 224 valence electrons. The minimum atomic E-state index is -0.964. The molecular formula is C36H35N3O5. The third kappa shape index (κ3) is 6.71. The van der Waals surface area contributed by atoms with E-state index < -0.39 is 11.3 Å². The molecule has 1 heterocycles. The number of methoxy groups -OCH3 is 2. The quantitative estimate of drug-likeness (QED) is 0.172. The van der Waals surface area contributed by atoms with Crippen LogP contribution < -0.4 is 20.5 Å². The molecule has 0 aliphatic rings. The van der Waals surface area contributed by atoms with Crippen molar-refractivity contribution in [2.45, 2.75) is 31.6 Å². The first-order chi connectivity index (χ1) is 21.4. The van der Waals surface area contributed by atoms with Crippen molar-refractivity contribution in [3.05, 3.63) is 154 Å². The van der Waals surface area contributed by atoms with Crippen LogP contribution >= 0.6 is 0 Å². The van der Waals surface area contributed by atoms with Crippen LogP contribution in [0.15, 0.2) is 126 Å². The zero-order valence-corrected chi connectivity index (χ0v) is 25.0. The van der Waals surface area contributed by atoms with Crippen molar-refractivity contribution < 1.29 is 19.0 Å². The highest BCUT2D eigenvalue weighted by Crippen LogP contribution is 2.42. The number of rotatable bonds is 12. The van der Waals surface area contributed by atoms with Gasteiger partial charge in [-0.15, -0.1) is 0 Å². The molecule has 0 radical (unpaired) electrons. The van der Waals surface area contributed by atoms with Crippen molar-refractivity contribution in [3.63, 3.8) is 0 Å². The zero-order valence-electron chi connectivity index (χ0n) is 25.0. The first-order valence-electron chi connectivity index (χ1n) is 14.4. The van der Waals surface area contributed by atoms with E-state index in [0.717, 1.165) is 28.2 Å². The van der Waals surface area contributed by atoms with Crippen molar-refractivity contribution in [2.24, 2.45) is 0 Å². The Morgan fingerprint density at radius 2 is 1.30 bits per heavy atom. The smallest absolute Gasteiger partial charge is 0.349 e. The van der Waals surface area contributed by atoms with E-state index in [9.17, 15) is 9.59 Å². The highest BCUT2D eigenvalue weighted by atomic mass is 16.5. The summed E-state index contributed by atoms with van der Waals surface area (Å²) in [6, 6.07) is 36.2. The standard InChI is InChI=1S/C36H35N3O5/c1-26(22-24-39-25-23-33(38-35(39)41)37-34(40)27-10-6-4-7-11-27)44-36(28-12-8-5-9-13-28,29-14-18-31(42-2)19-15-29)30-16-20-32(43-3)21-17-30/h4-21,23,25-26H,22,24H2,1-3H3,(H,37,38,40,41). The van der Waals surface area contributed by atoms with Crippen LogP contribution in [0.5, 0.6) is 11.5 Å². The average molecular weight is 590 g/mol. The molecule has 44 heavy (non-hydrogen) atoms. The SMILES string of the molecule is COc1ccc(C(OC(C)CCn2ccc(NC(=O)c3ccccc3)nc2=O)(c2ccccc2)c2ccc(OC)cc2)cc1. The van der Waals surface area contributed by atoms with Crippen molar-refractivity contribution >= 4 is 11.7 Å². The van der Waals surface area contributed by atoms with Crippen molar-refractivity contribution in [3.8, 4) is 11.5 Å². The van der Waals surface area contributed by atoms with Gasteiger partial charge in [-0.1, -0.05) is 72.8 Å². The lowest BCUT2D eigenvalue weighted by atomic mass is 9.79. The molecule has 1 unspecified atom stereocenters. The van der Waals surface area contributed by atoms with Crippen molar-refractivity contribution in [1.82, 2.24) is 9.55 Å². The van der Waals surface area contributed by atoms with Crippen LogP contribution in [-0.2, 0) is 16.9 Å². The molecule has 1 aromatic heterocycles. The predicted molar refractivity (Wildman–Crippen MR) is 170 cm³/mol. The van der Waals surface area contributed by atoms with Gasteiger partial charge in [-0.05, 0) is 72.5 Å². The molecule has 1 amide bonds. The lowest BCUT2D eigenvalue weighted by Gasteiger charge is -2.38. The van der Waals surface area contributed by atoms with Crippen LogP contribution in [-0.4, -0.2) is 35.8 Å². The maximum absolute atomic E-state index is 12.9. The summed E-state index contributed by atoms with van der Waals surface area (Å²) in [5, 5.41) is 2.69. The second kappa shape index (κ2) is 13.8. The number of aromatic nitrogens is 2. The Morgan fingerprint density at radius 3 is 1.82 bits per heavy atom. The molecular weight excluding hydrogens is 554 g/mol. The van der Waals surface area contributed by atoms with Gasteiger partial charge >= 0.3 is 5.69 Å². The number of aryl methyl sites for hydroxylation is 1. The molecule has 1 N–H and O–H groups in total. The van der Waals surface area contributed by atoms with Gasteiger partial charge in [-0.2, -0.15) is 4.98 Å². The summed E-state index contributed by atoms with van der Waals surface area (Å²) in [7, 11) is 3.28. The summed E-state index contributed by atoms with van der Waals surface area (Å²) in [5.41, 5.74) is 1.88. The number of nitrogens with zero attached hydrogens (tertiary/aromatic N) is 2. The Kier molecular flexibility index (Phi) is 9.52. The number of nitrogens with one attached hydrogen (secondary N) is 1. The Hall–Kier alpha value is -5.21. The van der Waals surface area contributed by atoms with E-state index >= 15 is 0 Å². The van der Waals surface area contributed by atoms with Gasteiger partial charge in [0.25, 0.3) is 5.91 Å². The van der Waals surface area contributed by atoms with Gasteiger partial charge in [-0.25, -0.2) is 4.79 Å². The van der Waals surface area contributed by atoms with Gasteiger partial charge in [0.1, 0.15) is 22.9 Å². The summed E-state index contributed by atoms with van der Waals surface area (Å²) >= 11 is 0. The first-order valence-corrected chi connectivity index (χ1v) is 14.4. The van der Waals surface area contributed by atoms with Gasteiger partial charge in [-0.3, -0.25) is 9.36 Å². The molecule has 0 saturated carbocycles. The van der Waals surface area contributed by atoms with Gasteiger partial charge < -0.3 is 19.5 Å². The summed E-state index contributed by atoms with van der Waals surface area (Å²) in [4.78, 5) is 29.4. The van der Waals surface area contributed by atoms with E-state index in [1.807, 2.05) is 79.7 Å². The van der Waals surface area contributed by atoms with Crippen LogP contribution in [0, 0.1) is 0 Å². The molecule has 5 rings (SSSR count). The van der Waals surface area contributed by atoms with Crippen LogP contribution in [0.3, 0.4) is 0 Å². The fourth-order valence-corrected chi connectivity index (χ4v) is 5.16. The van der Waals surface area contributed by atoms with E-state index in [0.29, 0.717) is 18.5 Å². The van der Waals surface area contributed by atoms with Crippen molar-refractivity contribution in [1.29, 1.82) is 0 Å². The maximum atomic E-state index is 12.9. The Bertz CT molecular complexity index is 1670. The lowest BCUT2D eigenvalue weighted by Crippen LogP contribution is -2.37. The topological polar surface area (TPSA) is 91.7 Å². The summed E-state index contributed by atoms with van der Waals surface area (Å²) < 4.78 is 19.4. The molecule has 0 spiro atoms. The largest absolute Gasteiger partial charge is 0.497 e. The van der Waals surface area contributed by atoms with E-state index in [-0.39, 0.29) is 17.8 Å². The monoisotopic (exact) mass is 589 g/mol. The second-order valence-electron chi connectivity index (χ2n) is 10.3. The fourth-order valence-electron chi connectivity index (χ4n) is 5.16. The number of hydrogen-bond donors (Lipinski definition) is 1. The van der Waals surface area contributed by atoms with Gasteiger partial charge in [0, 0.05) is 18.3 Å². The first kappa shape index (κ1) is 30.3. The number of amides is 1. The number of carbonyl (C=O) groups is 1. The van der Waals surface area contributed by atoms with Crippen LogP contribution in [0.4, 0.5) is 5.82 Å². The Morgan fingerprint density at radius 1 is 0.773 bits per heavy atom. The van der Waals surface area contributed by atoms with Crippen molar-refractivity contribution in [2.75, 3.05) is 19.5 Å². The molecule has 1 atom stereocenters. The average Bonchev–Trinajstić information content (AvgIpc) is 3.08. The molecule has 8 heteroatoms. The second-order valence-corrected chi connectivity index (χ2v) is 10.3. The number of carbonyl (C=O) groups excluding carboxylic acids is 1. The number of anilines is 1.